The number of halogens is 2. The number of carbonyl (C=O) groups is 1. The Hall–Kier alpha value is -0.780. The molecule has 5 nitrogen and oxygen atoms in total. The molecule has 1 fully saturated rings. The summed E-state index contributed by atoms with van der Waals surface area (Å²) < 4.78 is 1.88. The van der Waals surface area contributed by atoms with E-state index in [0.717, 1.165) is 30.7 Å². The monoisotopic (exact) mass is 364 g/mol. The first kappa shape index (κ1) is 22.2. The summed E-state index contributed by atoms with van der Waals surface area (Å²) in [5.74, 6) is 0.590. The molecule has 0 radical (unpaired) electrons. The lowest BCUT2D eigenvalue weighted by molar-refractivity contribution is -0.122. The SMILES string of the molecule is Cc1nn(C)c(C)c1CCC(=O)NC1CCCCC1CN.Cl.Cl. The van der Waals surface area contributed by atoms with E-state index < -0.39 is 0 Å². The number of aryl methyl sites for hydroxylation is 2. The van der Waals surface area contributed by atoms with Crippen molar-refractivity contribution in [1.29, 1.82) is 0 Å². The normalized spacial score (nSPS) is 20.3. The number of hydrogen-bond donors (Lipinski definition) is 2. The van der Waals surface area contributed by atoms with Crippen molar-refractivity contribution in [1.82, 2.24) is 15.1 Å². The topological polar surface area (TPSA) is 72.9 Å². The molecule has 1 aromatic heterocycles. The van der Waals surface area contributed by atoms with E-state index in [1.807, 2.05) is 18.7 Å². The van der Waals surface area contributed by atoms with Crippen LogP contribution in [-0.4, -0.2) is 28.3 Å². The zero-order chi connectivity index (χ0) is 15.4. The number of carbonyl (C=O) groups excluding carboxylic acids is 1. The molecule has 134 valence electrons. The molecule has 2 atom stereocenters. The molecule has 3 N–H and O–H groups in total. The highest BCUT2D eigenvalue weighted by molar-refractivity contribution is 5.85. The summed E-state index contributed by atoms with van der Waals surface area (Å²) in [4.78, 5) is 12.2. The van der Waals surface area contributed by atoms with E-state index >= 15 is 0 Å². The van der Waals surface area contributed by atoms with E-state index in [2.05, 4.69) is 17.3 Å². The van der Waals surface area contributed by atoms with Crippen LogP contribution in [0.5, 0.6) is 0 Å². The highest BCUT2D eigenvalue weighted by Crippen LogP contribution is 2.23. The number of nitrogens with two attached hydrogens (primary N) is 1. The summed E-state index contributed by atoms with van der Waals surface area (Å²) >= 11 is 0. The largest absolute Gasteiger partial charge is 0.353 e. The van der Waals surface area contributed by atoms with Crippen molar-refractivity contribution in [3.63, 3.8) is 0 Å². The predicted octanol–water partition coefficient (Wildman–Crippen LogP) is 2.45. The Labute approximate surface area is 151 Å². The number of rotatable bonds is 5. The summed E-state index contributed by atoms with van der Waals surface area (Å²) in [7, 11) is 1.94. The Balaban J connectivity index is 0.00000242. The van der Waals surface area contributed by atoms with E-state index in [1.54, 1.807) is 0 Å². The van der Waals surface area contributed by atoms with Gasteiger partial charge in [0.25, 0.3) is 0 Å². The Bertz CT molecular complexity index is 505. The fourth-order valence-corrected chi connectivity index (χ4v) is 3.38. The van der Waals surface area contributed by atoms with Crippen LogP contribution in [0.3, 0.4) is 0 Å². The van der Waals surface area contributed by atoms with Gasteiger partial charge >= 0.3 is 0 Å². The smallest absolute Gasteiger partial charge is 0.220 e. The molecular weight excluding hydrogens is 335 g/mol. The van der Waals surface area contributed by atoms with Crippen molar-refractivity contribution >= 4 is 30.7 Å². The fraction of sp³-hybridized carbons (Fsp3) is 0.750. The molecule has 0 bridgehead atoms. The van der Waals surface area contributed by atoms with Crippen molar-refractivity contribution in [3.8, 4) is 0 Å². The number of nitrogens with one attached hydrogen (secondary N) is 1. The highest BCUT2D eigenvalue weighted by atomic mass is 35.5. The lowest BCUT2D eigenvalue weighted by Crippen LogP contribution is -2.44. The van der Waals surface area contributed by atoms with Gasteiger partial charge in [0, 0.05) is 25.2 Å². The molecule has 7 heteroatoms. The molecule has 1 aliphatic carbocycles. The van der Waals surface area contributed by atoms with Gasteiger partial charge in [-0.25, -0.2) is 0 Å². The van der Waals surface area contributed by atoms with Crippen LogP contribution >= 0.6 is 24.8 Å². The van der Waals surface area contributed by atoms with Crippen LogP contribution in [0.25, 0.3) is 0 Å². The van der Waals surface area contributed by atoms with Gasteiger partial charge in [-0.2, -0.15) is 5.10 Å². The zero-order valence-corrected chi connectivity index (χ0v) is 15.9. The zero-order valence-electron chi connectivity index (χ0n) is 14.3. The summed E-state index contributed by atoms with van der Waals surface area (Å²) in [5.41, 5.74) is 9.19. The van der Waals surface area contributed by atoms with Gasteiger partial charge in [0.15, 0.2) is 0 Å². The van der Waals surface area contributed by atoms with Gasteiger partial charge < -0.3 is 11.1 Å². The molecule has 1 amide bonds. The predicted molar refractivity (Wildman–Crippen MR) is 98.4 cm³/mol. The molecule has 2 unspecified atom stereocenters. The van der Waals surface area contributed by atoms with Crippen LogP contribution in [0.4, 0.5) is 0 Å². The minimum Gasteiger partial charge on any atom is -0.353 e. The van der Waals surface area contributed by atoms with E-state index in [1.165, 1.54) is 18.4 Å². The third-order valence-electron chi connectivity index (χ3n) is 4.82. The van der Waals surface area contributed by atoms with Crippen LogP contribution < -0.4 is 11.1 Å². The summed E-state index contributed by atoms with van der Waals surface area (Å²) in [6.45, 7) is 4.73. The lowest BCUT2D eigenvalue weighted by Gasteiger charge is -2.31. The molecule has 1 aliphatic rings. The first-order valence-electron chi connectivity index (χ1n) is 8.01. The number of aromatic nitrogens is 2. The Kier molecular flexibility index (Phi) is 9.82. The van der Waals surface area contributed by atoms with Crippen molar-refractivity contribution in [3.05, 3.63) is 17.0 Å². The average Bonchev–Trinajstić information content (AvgIpc) is 2.71. The number of nitrogens with zero attached hydrogens (tertiary/aromatic N) is 2. The van der Waals surface area contributed by atoms with Gasteiger partial charge in [-0.05, 0) is 51.1 Å². The van der Waals surface area contributed by atoms with Gasteiger partial charge in [0.1, 0.15) is 0 Å². The van der Waals surface area contributed by atoms with Crippen LogP contribution in [0, 0.1) is 19.8 Å². The molecule has 0 spiro atoms. The molecule has 0 saturated heterocycles. The second-order valence-corrected chi connectivity index (χ2v) is 6.23. The Morgan fingerprint density at radius 2 is 1.96 bits per heavy atom. The number of amides is 1. The summed E-state index contributed by atoms with van der Waals surface area (Å²) in [5, 5.41) is 7.59. The van der Waals surface area contributed by atoms with Crippen LogP contribution in [0.2, 0.25) is 0 Å². The minimum atomic E-state index is 0. The summed E-state index contributed by atoms with van der Waals surface area (Å²) in [6, 6.07) is 0.271. The molecule has 0 aromatic carbocycles. The molecule has 1 aromatic rings. The second kappa shape index (κ2) is 10.2. The molecule has 0 aliphatic heterocycles. The third kappa shape index (κ3) is 5.66. The maximum absolute atomic E-state index is 12.2. The standard InChI is InChI=1S/C16H28N4O.2ClH/c1-11-14(12(2)20(3)19-11)8-9-16(21)18-15-7-5-4-6-13(15)10-17;;/h13,15H,4-10,17H2,1-3H3,(H,18,21);2*1H. The van der Waals surface area contributed by atoms with Crippen LogP contribution in [-0.2, 0) is 18.3 Å². The first-order chi connectivity index (χ1) is 10.0. The Morgan fingerprint density at radius 3 is 2.52 bits per heavy atom. The van der Waals surface area contributed by atoms with Crippen molar-refractivity contribution in [2.75, 3.05) is 6.54 Å². The van der Waals surface area contributed by atoms with Gasteiger partial charge in [-0.3, -0.25) is 9.48 Å². The van der Waals surface area contributed by atoms with Gasteiger partial charge in [-0.15, -0.1) is 24.8 Å². The Morgan fingerprint density at radius 1 is 1.30 bits per heavy atom. The third-order valence-corrected chi connectivity index (χ3v) is 4.82. The van der Waals surface area contributed by atoms with E-state index in [9.17, 15) is 4.79 Å². The van der Waals surface area contributed by atoms with E-state index in [4.69, 9.17) is 5.73 Å². The molecule has 23 heavy (non-hydrogen) atoms. The van der Waals surface area contributed by atoms with Gasteiger partial charge in [-0.1, -0.05) is 12.8 Å². The lowest BCUT2D eigenvalue weighted by atomic mass is 9.84. The van der Waals surface area contributed by atoms with E-state index in [-0.39, 0.29) is 36.8 Å². The molecule has 1 heterocycles. The van der Waals surface area contributed by atoms with Gasteiger partial charge in [0.2, 0.25) is 5.91 Å². The highest BCUT2D eigenvalue weighted by Gasteiger charge is 2.25. The van der Waals surface area contributed by atoms with Gasteiger partial charge in [0.05, 0.1) is 5.69 Å². The maximum atomic E-state index is 12.2. The molecule has 1 saturated carbocycles. The molecule has 2 rings (SSSR count). The summed E-state index contributed by atoms with van der Waals surface area (Å²) in [6.07, 6.45) is 5.93. The molecular formula is C16H30Cl2N4O. The maximum Gasteiger partial charge on any atom is 0.220 e. The quantitative estimate of drug-likeness (QED) is 0.842. The minimum absolute atomic E-state index is 0. The van der Waals surface area contributed by atoms with Crippen molar-refractivity contribution < 1.29 is 4.79 Å². The van der Waals surface area contributed by atoms with Crippen LogP contribution in [0.15, 0.2) is 0 Å². The second-order valence-electron chi connectivity index (χ2n) is 6.23. The fourth-order valence-electron chi connectivity index (χ4n) is 3.38. The van der Waals surface area contributed by atoms with Crippen LogP contribution in [0.1, 0.15) is 49.1 Å². The average molecular weight is 365 g/mol. The number of hydrogen-bond acceptors (Lipinski definition) is 3. The van der Waals surface area contributed by atoms with E-state index in [0.29, 0.717) is 18.9 Å². The van der Waals surface area contributed by atoms with Crippen molar-refractivity contribution in [2.24, 2.45) is 18.7 Å². The van der Waals surface area contributed by atoms with Crippen molar-refractivity contribution in [2.45, 2.75) is 58.4 Å². The first-order valence-corrected chi connectivity index (χ1v) is 8.01.